The van der Waals surface area contributed by atoms with Crippen LogP contribution in [0, 0.1) is 0 Å². The lowest BCUT2D eigenvalue weighted by atomic mass is 10.0. The minimum absolute atomic E-state index is 0.179. The minimum atomic E-state index is -0.250. The summed E-state index contributed by atoms with van der Waals surface area (Å²) < 4.78 is 2.88. The van der Waals surface area contributed by atoms with E-state index in [4.69, 9.17) is 0 Å². The summed E-state index contributed by atoms with van der Waals surface area (Å²) in [5.74, 6) is 0. The topological polar surface area (TPSA) is 47.2 Å². The van der Waals surface area contributed by atoms with Crippen LogP contribution >= 0.6 is 0 Å². The number of rotatable bonds is 4. The smallest absolute Gasteiger partial charge is 0.300 e. The number of nitrogens with zero attached hydrogens (tertiary/aromatic N) is 3. The maximum atomic E-state index is 12.2. The molecule has 1 aliphatic heterocycles. The Morgan fingerprint density at radius 3 is 2.50 bits per heavy atom. The first-order valence-corrected chi connectivity index (χ1v) is 8.37. The summed E-state index contributed by atoms with van der Waals surface area (Å²) in [5, 5.41) is 0. The van der Waals surface area contributed by atoms with Gasteiger partial charge in [0.25, 0.3) is 5.56 Å². The first-order valence-electron chi connectivity index (χ1n) is 8.37. The van der Waals surface area contributed by atoms with Crippen LogP contribution in [-0.2, 0) is 7.05 Å². The average molecular weight is 325 g/mol. The molecule has 1 fully saturated rings. The number of piperidine rings is 1. The van der Waals surface area contributed by atoms with E-state index < -0.39 is 0 Å². The van der Waals surface area contributed by atoms with Gasteiger partial charge in [0.05, 0.1) is 0 Å². The summed E-state index contributed by atoms with van der Waals surface area (Å²) in [5.41, 5.74) is 0.744. The summed E-state index contributed by atoms with van der Waals surface area (Å²) in [4.78, 5) is 26.1. The van der Waals surface area contributed by atoms with Crippen LogP contribution in [0.3, 0.4) is 0 Å². The molecule has 0 amide bonds. The van der Waals surface area contributed by atoms with Crippen molar-refractivity contribution in [2.45, 2.75) is 18.9 Å². The molecule has 0 saturated carbocycles. The lowest BCUT2D eigenvalue weighted by molar-refractivity contribution is 0.199. The highest BCUT2D eigenvalue weighted by atomic mass is 16.2. The van der Waals surface area contributed by atoms with Crippen molar-refractivity contribution in [3.63, 3.8) is 0 Å². The number of likely N-dealkylation sites (tertiary alicyclic amines) is 1. The Bertz CT molecular complexity index is 812. The van der Waals surface area contributed by atoms with E-state index in [0.29, 0.717) is 0 Å². The molecule has 0 atom stereocenters. The zero-order chi connectivity index (χ0) is 16.9. The van der Waals surface area contributed by atoms with E-state index in [1.165, 1.54) is 23.2 Å². The quantitative estimate of drug-likeness (QED) is 0.862. The van der Waals surface area contributed by atoms with Crippen molar-refractivity contribution in [1.82, 2.24) is 14.0 Å². The second kappa shape index (κ2) is 7.45. The molecule has 1 aromatic heterocycles. The molecule has 1 saturated heterocycles. The third-order valence-electron chi connectivity index (χ3n) is 4.64. The Labute approximate surface area is 141 Å². The monoisotopic (exact) mass is 325 g/mol. The SMILES string of the molecule is Cn1c(=O)ccn(C2CCN(C/C=C/c3ccccc3)CC2)c1=O. The zero-order valence-electron chi connectivity index (χ0n) is 14.0. The van der Waals surface area contributed by atoms with Crippen LogP contribution in [-0.4, -0.2) is 33.7 Å². The van der Waals surface area contributed by atoms with E-state index in [1.807, 2.05) is 18.2 Å². The Morgan fingerprint density at radius 1 is 1.08 bits per heavy atom. The van der Waals surface area contributed by atoms with Crippen LogP contribution in [0.2, 0.25) is 0 Å². The van der Waals surface area contributed by atoms with Gasteiger partial charge in [0.15, 0.2) is 0 Å². The molecule has 2 aromatic rings. The number of hydrogen-bond donors (Lipinski definition) is 0. The Kier molecular flexibility index (Phi) is 5.11. The predicted octanol–water partition coefficient (Wildman–Crippen LogP) is 1.90. The highest BCUT2D eigenvalue weighted by Crippen LogP contribution is 2.20. The van der Waals surface area contributed by atoms with Gasteiger partial charge in [0.1, 0.15) is 0 Å². The lowest BCUT2D eigenvalue weighted by Crippen LogP contribution is -2.42. The van der Waals surface area contributed by atoms with Crippen molar-refractivity contribution in [2.75, 3.05) is 19.6 Å². The molecule has 0 spiro atoms. The maximum absolute atomic E-state index is 12.2. The molecule has 1 aromatic carbocycles. The van der Waals surface area contributed by atoms with Crippen molar-refractivity contribution < 1.29 is 0 Å². The van der Waals surface area contributed by atoms with Crippen LogP contribution in [0.25, 0.3) is 6.08 Å². The second-order valence-corrected chi connectivity index (χ2v) is 6.25. The molecule has 0 bridgehead atoms. The van der Waals surface area contributed by atoms with Crippen LogP contribution in [0.4, 0.5) is 0 Å². The van der Waals surface area contributed by atoms with Gasteiger partial charge >= 0.3 is 5.69 Å². The van der Waals surface area contributed by atoms with Crippen LogP contribution in [0.15, 0.2) is 58.3 Å². The van der Waals surface area contributed by atoms with Crippen molar-refractivity contribution in [1.29, 1.82) is 0 Å². The fourth-order valence-electron chi connectivity index (χ4n) is 3.15. The zero-order valence-corrected chi connectivity index (χ0v) is 14.0. The standard InChI is InChI=1S/C19H23N3O2/c1-20-18(23)11-15-22(19(20)24)17-9-13-21(14-10-17)12-5-8-16-6-3-2-4-7-16/h2-8,11,15,17H,9-10,12-14H2,1H3/b8-5+. The van der Waals surface area contributed by atoms with Gasteiger partial charge in [-0.05, 0) is 18.4 Å². The summed E-state index contributed by atoms with van der Waals surface area (Å²) in [6.45, 7) is 2.84. The Hall–Kier alpha value is -2.40. The normalized spacial score (nSPS) is 16.7. The van der Waals surface area contributed by atoms with Gasteiger partial charge < -0.3 is 0 Å². The summed E-state index contributed by atoms with van der Waals surface area (Å²) in [6.07, 6.45) is 7.83. The first-order chi connectivity index (χ1) is 11.6. The van der Waals surface area contributed by atoms with Gasteiger partial charge in [0.2, 0.25) is 0 Å². The predicted molar refractivity (Wildman–Crippen MR) is 96.1 cm³/mol. The highest BCUT2D eigenvalue weighted by Gasteiger charge is 2.21. The molecule has 0 aliphatic carbocycles. The molecule has 1 aliphatic rings. The molecule has 0 N–H and O–H groups in total. The first kappa shape index (κ1) is 16.5. The van der Waals surface area contributed by atoms with Crippen molar-refractivity contribution in [2.24, 2.45) is 7.05 Å². The number of hydrogen-bond acceptors (Lipinski definition) is 3. The van der Waals surface area contributed by atoms with Crippen LogP contribution in [0.5, 0.6) is 0 Å². The molecular formula is C19H23N3O2. The lowest BCUT2D eigenvalue weighted by Gasteiger charge is -2.32. The molecular weight excluding hydrogens is 302 g/mol. The Morgan fingerprint density at radius 2 is 1.79 bits per heavy atom. The average Bonchev–Trinajstić information content (AvgIpc) is 2.62. The molecule has 3 rings (SSSR count). The van der Waals surface area contributed by atoms with Crippen molar-refractivity contribution in [3.8, 4) is 0 Å². The maximum Gasteiger partial charge on any atom is 0.330 e. The Balaban J connectivity index is 1.56. The van der Waals surface area contributed by atoms with Gasteiger partial charge in [-0.25, -0.2) is 4.79 Å². The fourth-order valence-corrected chi connectivity index (χ4v) is 3.15. The van der Waals surface area contributed by atoms with E-state index in [0.717, 1.165) is 32.5 Å². The van der Waals surface area contributed by atoms with Crippen LogP contribution < -0.4 is 11.2 Å². The fraction of sp³-hybridized carbons (Fsp3) is 0.368. The highest BCUT2D eigenvalue weighted by molar-refractivity contribution is 5.48. The molecule has 24 heavy (non-hydrogen) atoms. The second-order valence-electron chi connectivity index (χ2n) is 6.25. The number of aromatic nitrogens is 2. The molecule has 5 nitrogen and oxygen atoms in total. The van der Waals surface area contributed by atoms with Gasteiger partial charge in [-0.1, -0.05) is 42.5 Å². The van der Waals surface area contributed by atoms with E-state index in [9.17, 15) is 9.59 Å². The summed E-state index contributed by atoms with van der Waals surface area (Å²) in [7, 11) is 1.53. The van der Waals surface area contributed by atoms with Gasteiger partial charge in [-0.2, -0.15) is 0 Å². The van der Waals surface area contributed by atoms with E-state index in [-0.39, 0.29) is 17.3 Å². The summed E-state index contributed by atoms with van der Waals surface area (Å²) in [6, 6.07) is 11.9. The van der Waals surface area contributed by atoms with E-state index >= 15 is 0 Å². The molecule has 0 unspecified atom stereocenters. The third kappa shape index (κ3) is 3.74. The largest absolute Gasteiger partial charge is 0.330 e. The minimum Gasteiger partial charge on any atom is -0.300 e. The molecule has 5 heteroatoms. The number of benzene rings is 1. The molecule has 0 radical (unpaired) electrons. The van der Waals surface area contributed by atoms with Crippen molar-refractivity contribution in [3.05, 3.63) is 75.1 Å². The van der Waals surface area contributed by atoms with E-state index in [2.05, 4.69) is 29.2 Å². The van der Waals surface area contributed by atoms with Gasteiger partial charge in [-0.3, -0.25) is 18.8 Å². The van der Waals surface area contributed by atoms with Gasteiger partial charge in [0, 0.05) is 45.0 Å². The van der Waals surface area contributed by atoms with E-state index in [1.54, 1.807) is 10.8 Å². The van der Waals surface area contributed by atoms with Crippen molar-refractivity contribution >= 4 is 6.08 Å². The summed E-state index contributed by atoms with van der Waals surface area (Å²) >= 11 is 0. The third-order valence-corrected chi connectivity index (χ3v) is 4.64. The van der Waals surface area contributed by atoms with Gasteiger partial charge in [-0.15, -0.1) is 0 Å². The molecule has 2 heterocycles. The van der Waals surface area contributed by atoms with Crippen LogP contribution in [0.1, 0.15) is 24.4 Å². The molecule has 126 valence electrons.